The lowest BCUT2D eigenvalue weighted by Gasteiger charge is -2.30. The molecule has 1 saturated heterocycles. The van der Waals surface area contributed by atoms with E-state index < -0.39 is 0 Å². The summed E-state index contributed by atoms with van der Waals surface area (Å²) in [5, 5.41) is 6.19. The van der Waals surface area contributed by atoms with Crippen LogP contribution in [0.25, 0.3) is 10.6 Å². The number of pyridine rings is 1. The van der Waals surface area contributed by atoms with Gasteiger partial charge in [0.2, 0.25) is 5.91 Å². The fourth-order valence-corrected chi connectivity index (χ4v) is 4.56. The molecule has 6 heteroatoms. The van der Waals surface area contributed by atoms with E-state index in [9.17, 15) is 4.79 Å². The summed E-state index contributed by atoms with van der Waals surface area (Å²) in [4.78, 5) is 24.0. The van der Waals surface area contributed by atoms with Crippen LogP contribution < -0.4 is 5.32 Å². The van der Waals surface area contributed by atoms with Crippen molar-refractivity contribution in [3.05, 3.63) is 64.8 Å². The van der Waals surface area contributed by atoms with E-state index in [4.69, 9.17) is 4.98 Å². The molecule has 1 aliphatic rings. The Morgan fingerprint density at radius 1 is 1.17 bits per heavy atom. The zero-order valence-electron chi connectivity index (χ0n) is 17.6. The maximum absolute atomic E-state index is 12.5. The zero-order chi connectivity index (χ0) is 20.9. The molecule has 5 nitrogen and oxygen atoms in total. The first-order chi connectivity index (χ1) is 14.6. The first-order valence-corrected chi connectivity index (χ1v) is 11.5. The average molecular weight is 421 g/mol. The summed E-state index contributed by atoms with van der Waals surface area (Å²) in [6, 6.07) is 12.5. The monoisotopic (exact) mass is 420 g/mol. The third-order valence-electron chi connectivity index (χ3n) is 5.67. The van der Waals surface area contributed by atoms with Gasteiger partial charge >= 0.3 is 0 Å². The highest BCUT2D eigenvalue weighted by Gasteiger charge is 2.25. The normalized spacial score (nSPS) is 15.3. The number of piperidine rings is 1. The molecule has 0 saturated carbocycles. The van der Waals surface area contributed by atoms with Crippen LogP contribution in [0.2, 0.25) is 0 Å². The second kappa shape index (κ2) is 9.49. The number of aryl methyl sites for hydroxylation is 2. The summed E-state index contributed by atoms with van der Waals surface area (Å²) < 4.78 is 0. The largest absolute Gasteiger partial charge is 0.310 e. The van der Waals surface area contributed by atoms with Crippen LogP contribution in [0.15, 0.2) is 48.0 Å². The van der Waals surface area contributed by atoms with Crippen molar-refractivity contribution >= 4 is 23.1 Å². The second-order valence-corrected chi connectivity index (χ2v) is 8.81. The highest BCUT2D eigenvalue weighted by atomic mass is 32.1. The predicted molar refractivity (Wildman–Crippen MR) is 123 cm³/mol. The van der Waals surface area contributed by atoms with Gasteiger partial charge in [-0.25, -0.2) is 9.97 Å². The molecule has 2 aromatic heterocycles. The number of nitrogens with zero attached hydrogens (tertiary/aromatic N) is 3. The van der Waals surface area contributed by atoms with Crippen molar-refractivity contribution in [2.24, 2.45) is 5.92 Å². The van der Waals surface area contributed by atoms with Crippen molar-refractivity contribution in [3.8, 4) is 10.6 Å². The van der Waals surface area contributed by atoms with E-state index in [1.54, 1.807) is 17.5 Å². The molecule has 1 N–H and O–H groups in total. The van der Waals surface area contributed by atoms with Crippen LogP contribution in [0.5, 0.6) is 0 Å². The molecule has 0 atom stereocenters. The van der Waals surface area contributed by atoms with Gasteiger partial charge in [-0.1, -0.05) is 37.3 Å². The predicted octanol–water partition coefficient (Wildman–Crippen LogP) is 4.93. The Morgan fingerprint density at radius 3 is 2.60 bits per heavy atom. The lowest BCUT2D eigenvalue weighted by molar-refractivity contribution is -0.121. The van der Waals surface area contributed by atoms with Gasteiger partial charge in [0.25, 0.3) is 0 Å². The SMILES string of the molecule is CCc1ccc(-c2nc(CN3CCC(C(=O)Nc4ccc(C)cn4)CC3)cs2)cc1. The molecular weight excluding hydrogens is 392 g/mol. The van der Waals surface area contributed by atoms with Gasteiger partial charge < -0.3 is 5.32 Å². The molecule has 156 valence electrons. The number of benzene rings is 1. The van der Waals surface area contributed by atoms with Gasteiger partial charge in [0.15, 0.2) is 0 Å². The van der Waals surface area contributed by atoms with Crippen LogP contribution in [0.1, 0.15) is 36.6 Å². The number of likely N-dealkylation sites (tertiary alicyclic amines) is 1. The van der Waals surface area contributed by atoms with Crippen LogP contribution >= 0.6 is 11.3 Å². The van der Waals surface area contributed by atoms with E-state index in [-0.39, 0.29) is 11.8 Å². The van der Waals surface area contributed by atoms with Crippen LogP contribution in [-0.2, 0) is 17.8 Å². The maximum atomic E-state index is 12.5. The summed E-state index contributed by atoms with van der Waals surface area (Å²) in [6.07, 6.45) is 4.57. The average Bonchev–Trinajstić information content (AvgIpc) is 3.24. The number of rotatable bonds is 6. The van der Waals surface area contributed by atoms with Crippen molar-refractivity contribution < 1.29 is 4.79 Å². The molecule has 3 heterocycles. The number of amides is 1. The van der Waals surface area contributed by atoms with Gasteiger partial charge in [-0.05, 0) is 56.5 Å². The van der Waals surface area contributed by atoms with Gasteiger partial charge in [-0.2, -0.15) is 0 Å². The topological polar surface area (TPSA) is 58.1 Å². The standard InChI is InChI=1S/C24H28N4OS/c1-3-18-5-7-20(8-6-18)24-26-21(16-30-24)15-28-12-10-19(11-13-28)23(29)27-22-9-4-17(2)14-25-22/h4-9,14,16,19H,3,10-13,15H2,1-2H3,(H,25,27,29). The Labute approximate surface area is 182 Å². The number of hydrogen-bond acceptors (Lipinski definition) is 5. The minimum atomic E-state index is 0.0485. The Bertz CT molecular complexity index is 973. The van der Waals surface area contributed by atoms with Gasteiger partial charge in [-0.15, -0.1) is 11.3 Å². The fraction of sp³-hybridized carbons (Fsp3) is 0.375. The van der Waals surface area contributed by atoms with Crippen molar-refractivity contribution in [2.45, 2.75) is 39.7 Å². The van der Waals surface area contributed by atoms with E-state index in [1.165, 1.54) is 11.1 Å². The number of hydrogen-bond donors (Lipinski definition) is 1. The minimum Gasteiger partial charge on any atom is -0.310 e. The molecule has 3 aromatic rings. The summed E-state index contributed by atoms with van der Waals surface area (Å²) in [7, 11) is 0. The third kappa shape index (κ3) is 5.12. The maximum Gasteiger partial charge on any atom is 0.228 e. The Hall–Kier alpha value is -2.57. The summed E-state index contributed by atoms with van der Waals surface area (Å²) in [6.45, 7) is 6.83. The fourth-order valence-electron chi connectivity index (χ4n) is 3.75. The van der Waals surface area contributed by atoms with Gasteiger partial charge in [0.1, 0.15) is 10.8 Å². The summed E-state index contributed by atoms with van der Waals surface area (Å²) >= 11 is 1.70. The highest BCUT2D eigenvalue weighted by molar-refractivity contribution is 7.13. The van der Waals surface area contributed by atoms with Gasteiger partial charge in [-0.3, -0.25) is 9.69 Å². The van der Waals surface area contributed by atoms with Crippen molar-refractivity contribution in [3.63, 3.8) is 0 Å². The molecule has 30 heavy (non-hydrogen) atoms. The number of carbonyl (C=O) groups is 1. The van der Waals surface area contributed by atoms with Gasteiger partial charge in [0, 0.05) is 29.6 Å². The van der Waals surface area contributed by atoms with E-state index in [0.717, 1.165) is 55.2 Å². The molecule has 0 aliphatic carbocycles. The molecule has 0 spiro atoms. The van der Waals surface area contributed by atoms with Crippen LogP contribution in [-0.4, -0.2) is 33.9 Å². The van der Waals surface area contributed by atoms with Crippen molar-refractivity contribution in [1.29, 1.82) is 0 Å². The van der Waals surface area contributed by atoms with Crippen molar-refractivity contribution in [2.75, 3.05) is 18.4 Å². The molecule has 1 aromatic carbocycles. The number of aromatic nitrogens is 2. The second-order valence-electron chi connectivity index (χ2n) is 7.95. The van der Waals surface area contributed by atoms with E-state index in [2.05, 4.69) is 51.8 Å². The molecule has 0 unspecified atom stereocenters. The molecule has 0 radical (unpaired) electrons. The first kappa shape index (κ1) is 20.7. The summed E-state index contributed by atoms with van der Waals surface area (Å²) in [5.41, 5.74) is 4.73. The molecule has 0 bridgehead atoms. The van der Waals surface area contributed by atoms with Gasteiger partial charge in [0.05, 0.1) is 5.69 Å². The lowest BCUT2D eigenvalue weighted by atomic mass is 9.96. The van der Waals surface area contributed by atoms with Crippen LogP contribution in [0.3, 0.4) is 0 Å². The third-order valence-corrected chi connectivity index (χ3v) is 6.61. The lowest BCUT2D eigenvalue weighted by Crippen LogP contribution is -2.37. The van der Waals surface area contributed by atoms with E-state index in [1.807, 2.05) is 19.1 Å². The number of carbonyl (C=O) groups excluding carboxylic acids is 1. The molecule has 1 amide bonds. The summed E-state index contributed by atoms with van der Waals surface area (Å²) in [5.74, 6) is 0.764. The number of anilines is 1. The number of thiazole rings is 1. The highest BCUT2D eigenvalue weighted by Crippen LogP contribution is 2.26. The Balaban J connectivity index is 1.28. The number of nitrogens with one attached hydrogen (secondary N) is 1. The molecule has 4 rings (SSSR count). The zero-order valence-corrected chi connectivity index (χ0v) is 18.4. The van der Waals surface area contributed by atoms with E-state index >= 15 is 0 Å². The van der Waals surface area contributed by atoms with Crippen LogP contribution in [0.4, 0.5) is 5.82 Å². The quantitative estimate of drug-likeness (QED) is 0.614. The Morgan fingerprint density at radius 2 is 1.93 bits per heavy atom. The smallest absolute Gasteiger partial charge is 0.228 e. The van der Waals surface area contributed by atoms with E-state index in [0.29, 0.717) is 5.82 Å². The molecular formula is C24H28N4OS. The Kier molecular flexibility index (Phi) is 6.55. The van der Waals surface area contributed by atoms with Crippen LogP contribution in [0, 0.1) is 12.8 Å². The molecule has 1 aliphatic heterocycles. The first-order valence-electron chi connectivity index (χ1n) is 10.6. The van der Waals surface area contributed by atoms with Crippen molar-refractivity contribution in [1.82, 2.24) is 14.9 Å². The minimum absolute atomic E-state index is 0.0485. The molecule has 1 fully saturated rings.